The number of carboxylic acids is 1. The number of oxazole rings is 1. The predicted octanol–water partition coefficient (Wildman–Crippen LogP) is 2.66. The molecule has 110 valence electrons. The summed E-state index contributed by atoms with van der Waals surface area (Å²) >= 11 is 0. The number of para-hydroxylation sites is 1. The number of aromatic nitrogens is 1. The summed E-state index contributed by atoms with van der Waals surface area (Å²) in [5.41, 5.74) is 0.190. The van der Waals surface area contributed by atoms with Crippen molar-refractivity contribution < 1.29 is 24.0 Å². The highest BCUT2D eigenvalue weighted by molar-refractivity contribution is 5.86. The van der Waals surface area contributed by atoms with Gasteiger partial charge in [0.15, 0.2) is 0 Å². The molecular weight excluding hydrogens is 280 g/mol. The average Bonchev–Trinajstić information content (AvgIpc) is 2.81. The monoisotopic (exact) mass is 292 g/mol. The SMILES string of the molecule is CCOc1c(-c2nc(C)c(C(=O)O)o2)cccc1[N+](=O)[O-]. The van der Waals surface area contributed by atoms with Crippen LogP contribution in [0, 0.1) is 17.0 Å². The molecule has 8 heteroatoms. The molecule has 0 saturated heterocycles. The maximum atomic E-state index is 11.0. The first-order valence-corrected chi connectivity index (χ1v) is 6.07. The van der Waals surface area contributed by atoms with Crippen LogP contribution in [0.25, 0.3) is 11.5 Å². The minimum Gasteiger partial charge on any atom is -0.487 e. The van der Waals surface area contributed by atoms with Crippen molar-refractivity contribution in [2.24, 2.45) is 0 Å². The molecule has 2 rings (SSSR count). The molecule has 0 aliphatic heterocycles. The van der Waals surface area contributed by atoms with Crippen LogP contribution >= 0.6 is 0 Å². The molecule has 0 unspecified atom stereocenters. The Bertz CT molecular complexity index is 707. The number of carboxylic acid groups (broad SMARTS) is 1. The fourth-order valence-corrected chi connectivity index (χ4v) is 1.84. The number of hydrogen-bond acceptors (Lipinski definition) is 6. The second-order valence-electron chi connectivity index (χ2n) is 4.08. The van der Waals surface area contributed by atoms with Crippen LogP contribution in [0.2, 0.25) is 0 Å². The summed E-state index contributed by atoms with van der Waals surface area (Å²) in [5.74, 6) is -1.59. The number of rotatable bonds is 5. The topological polar surface area (TPSA) is 116 Å². The van der Waals surface area contributed by atoms with E-state index in [1.54, 1.807) is 6.92 Å². The Morgan fingerprint density at radius 1 is 1.52 bits per heavy atom. The van der Waals surface area contributed by atoms with Crippen LogP contribution in [0.1, 0.15) is 23.2 Å². The summed E-state index contributed by atoms with van der Waals surface area (Å²) in [6.07, 6.45) is 0. The van der Waals surface area contributed by atoms with Gasteiger partial charge in [-0.3, -0.25) is 10.1 Å². The van der Waals surface area contributed by atoms with Crippen LogP contribution in [0.15, 0.2) is 22.6 Å². The molecule has 0 spiro atoms. The van der Waals surface area contributed by atoms with E-state index in [0.717, 1.165) is 0 Å². The van der Waals surface area contributed by atoms with E-state index < -0.39 is 10.9 Å². The molecule has 1 N–H and O–H groups in total. The first-order chi connectivity index (χ1) is 9.95. The largest absolute Gasteiger partial charge is 0.487 e. The van der Waals surface area contributed by atoms with Gasteiger partial charge in [-0.25, -0.2) is 9.78 Å². The van der Waals surface area contributed by atoms with E-state index in [-0.39, 0.29) is 41.0 Å². The summed E-state index contributed by atoms with van der Waals surface area (Å²) in [7, 11) is 0. The van der Waals surface area contributed by atoms with Gasteiger partial charge < -0.3 is 14.3 Å². The lowest BCUT2D eigenvalue weighted by Crippen LogP contribution is -1.99. The molecule has 0 aliphatic rings. The van der Waals surface area contributed by atoms with Crippen molar-refractivity contribution in [3.8, 4) is 17.2 Å². The van der Waals surface area contributed by atoms with Gasteiger partial charge in [0.25, 0.3) is 0 Å². The van der Waals surface area contributed by atoms with Gasteiger partial charge in [0.2, 0.25) is 17.4 Å². The van der Waals surface area contributed by atoms with E-state index in [4.69, 9.17) is 14.3 Å². The highest BCUT2D eigenvalue weighted by Crippen LogP contribution is 2.38. The van der Waals surface area contributed by atoms with E-state index in [9.17, 15) is 14.9 Å². The third-order valence-electron chi connectivity index (χ3n) is 2.70. The van der Waals surface area contributed by atoms with E-state index in [1.807, 2.05) is 0 Å². The first kappa shape index (κ1) is 14.5. The summed E-state index contributed by atoms with van der Waals surface area (Å²) < 4.78 is 10.5. The summed E-state index contributed by atoms with van der Waals surface area (Å²) in [6.45, 7) is 3.38. The molecule has 0 radical (unpaired) electrons. The molecular formula is C13H12N2O6. The zero-order chi connectivity index (χ0) is 15.6. The zero-order valence-corrected chi connectivity index (χ0v) is 11.3. The second kappa shape index (κ2) is 5.61. The van der Waals surface area contributed by atoms with Gasteiger partial charge in [-0.05, 0) is 19.9 Å². The van der Waals surface area contributed by atoms with E-state index in [1.165, 1.54) is 25.1 Å². The van der Waals surface area contributed by atoms with Crippen molar-refractivity contribution in [1.29, 1.82) is 0 Å². The van der Waals surface area contributed by atoms with Gasteiger partial charge in [-0.15, -0.1) is 0 Å². The molecule has 1 aromatic heterocycles. The molecule has 0 amide bonds. The van der Waals surface area contributed by atoms with Gasteiger partial charge in [0.05, 0.1) is 22.8 Å². The lowest BCUT2D eigenvalue weighted by Gasteiger charge is -2.07. The summed E-state index contributed by atoms with van der Waals surface area (Å²) in [6, 6.07) is 4.27. The van der Waals surface area contributed by atoms with Crippen molar-refractivity contribution in [2.45, 2.75) is 13.8 Å². The van der Waals surface area contributed by atoms with Crippen LogP contribution in [0.4, 0.5) is 5.69 Å². The van der Waals surface area contributed by atoms with Crippen LogP contribution in [-0.2, 0) is 0 Å². The normalized spacial score (nSPS) is 10.4. The molecule has 0 fully saturated rings. The maximum Gasteiger partial charge on any atom is 0.373 e. The fraction of sp³-hybridized carbons (Fsp3) is 0.231. The molecule has 0 atom stereocenters. The first-order valence-electron chi connectivity index (χ1n) is 6.07. The van der Waals surface area contributed by atoms with Crippen molar-refractivity contribution in [3.05, 3.63) is 39.8 Å². The predicted molar refractivity (Wildman–Crippen MR) is 71.5 cm³/mol. The minimum atomic E-state index is -1.25. The Balaban J connectivity index is 2.63. The molecule has 1 heterocycles. The Kier molecular flexibility index (Phi) is 3.88. The van der Waals surface area contributed by atoms with E-state index in [0.29, 0.717) is 0 Å². The standard InChI is InChI=1S/C13H12N2O6/c1-3-20-11-8(5-4-6-9(11)15(18)19)12-14-7(2)10(21-12)13(16)17/h4-6H,3H2,1-2H3,(H,16,17). The van der Waals surface area contributed by atoms with Gasteiger partial charge in [0.1, 0.15) is 0 Å². The van der Waals surface area contributed by atoms with Crippen LogP contribution < -0.4 is 4.74 Å². The fourth-order valence-electron chi connectivity index (χ4n) is 1.84. The number of carbonyl (C=O) groups is 1. The van der Waals surface area contributed by atoms with Crippen LogP contribution in [0.3, 0.4) is 0 Å². The van der Waals surface area contributed by atoms with Gasteiger partial charge in [0, 0.05) is 6.07 Å². The van der Waals surface area contributed by atoms with Gasteiger partial charge in [-0.2, -0.15) is 0 Å². The van der Waals surface area contributed by atoms with E-state index in [2.05, 4.69) is 4.98 Å². The Labute approximate surface area is 119 Å². The molecule has 0 bridgehead atoms. The molecule has 2 aromatic rings. The number of nitro groups is 1. The molecule has 0 saturated carbocycles. The maximum absolute atomic E-state index is 11.0. The number of benzene rings is 1. The van der Waals surface area contributed by atoms with Crippen molar-refractivity contribution in [3.63, 3.8) is 0 Å². The second-order valence-corrected chi connectivity index (χ2v) is 4.08. The quantitative estimate of drug-likeness (QED) is 0.665. The number of hydrogen-bond donors (Lipinski definition) is 1. The number of nitro benzene ring substituents is 1. The molecule has 0 aliphatic carbocycles. The third-order valence-corrected chi connectivity index (χ3v) is 2.70. The Morgan fingerprint density at radius 3 is 2.76 bits per heavy atom. The number of nitrogens with zero attached hydrogens (tertiary/aromatic N) is 2. The highest BCUT2D eigenvalue weighted by Gasteiger charge is 2.25. The smallest absolute Gasteiger partial charge is 0.373 e. The van der Waals surface area contributed by atoms with Crippen LogP contribution in [0.5, 0.6) is 5.75 Å². The average molecular weight is 292 g/mol. The summed E-state index contributed by atoms with van der Waals surface area (Å²) in [4.78, 5) is 25.4. The Morgan fingerprint density at radius 2 is 2.24 bits per heavy atom. The van der Waals surface area contributed by atoms with Crippen molar-refractivity contribution in [2.75, 3.05) is 6.61 Å². The highest BCUT2D eigenvalue weighted by atomic mass is 16.6. The van der Waals surface area contributed by atoms with Crippen molar-refractivity contribution in [1.82, 2.24) is 4.98 Å². The molecule has 1 aromatic carbocycles. The lowest BCUT2D eigenvalue weighted by molar-refractivity contribution is -0.385. The number of aryl methyl sites for hydroxylation is 1. The van der Waals surface area contributed by atoms with E-state index >= 15 is 0 Å². The van der Waals surface area contributed by atoms with Crippen LogP contribution in [-0.4, -0.2) is 27.6 Å². The zero-order valence-electron chi connectivity index (χ0n) is 11.3. The third kappa shape index (κ3) is 2.69. The van der Waals surface area contributed by atoms with Crippen molar-refractivity contribution >= 4 is 11.7 Å². The lowest BCUT2D eigenvalue weighted by atomic mass is 10.1. The summed E-state index contributed by atoms with van der Waals surface area (Å²) in [5, 5.41) is 20.0. The minimum absolute atomic E-state index is 0.00295. The Hall–Kier alpha value is -2.90. The van der Waals surface area contributed by atoms with Gasteiger partial charge >= 0.3 is 11.7 Å². The molecule has 21 heavy (non-hydrogen) atoms. The number of aromatic carboxylic acids is 1. The van der Waals surface area contributed by atoms with Gasteiger partial charge in [-0.1, -0.05) is 6.07 Å². The molecule has 8 nitrogen and oxygen atoms in total. The number of ether oxygens (including phenoxy) is 1.